The molecule has 1 aliphatic carbocycles. The van der Waals surface area contributed by atoms with E-state index >= 15 is 0 Å². The molecule has 0 bridgehead atoms. The van der Waals surface area contributed by atoms with Crippen LogP contribution in [0, 0.1) is 11.3 Å². The fourth-order valence-corrected chi connectivity index (χ4v) is 2.17. The third-order valence-corrected chi connectivity index (χ3v) is 4.03. The Balaban J connectivity index is 2.43. The van der Waals surface area contributed by atoms with Crippen LogP contribution in [0.1, 0.15) is 53.4 Å². The molecule has 1 nitrogen and oxygen atoms in total. The first-order chi connectivity index (χ1) is 5.43. The normalized spacial score (nSPS) is 40.2. The second-order valence-corrected chi connectivity index (χ2v) is 5.13. The molecule has 0 aromatic carbocycles. The fraction of sp³-hybridized carbons (Fsp3) is 1.00. The highest BCUT2D eigenvalue weighted by Crippen LogP contribution is 2.51. The Morgan fingerprint density at radius 3 is 2.25 bits per heavy atom. The van der Waals surface area contributed by atoms with E-state index in [2.05, 4.69) is 27.7 Å². The summed E-state index contributed by atoms with van der Waals surface area (Å²) in [7, 11) is 0. The van der Waals surface area contributed by atoms with E-state index < -0.39 is 0 Å². The Labute approximate surface area is 76.7 Å². The van der Waals surface area contributed by atoms with Crippen molar-refractivity contribution < 1.29 is 0 Å². The van der Waals surface area contributed by atoms with Gasteiger partial charge in [-0.2, -0.15) is 0 Å². The van der Waals surface area contributed by atoms with Gasteiger partial charge >= 0.3 is 0 Å². The minimum absolute atomic E-state index is 0.0919. The molecule has 72 valence electrons. The zero-order valence-corrected chi connectivity index (χ0v) is 8.98. The van der Waals surface area contributed by atoms with Gasteiger partial charge in [-0.15, -0.1) is 0 Å². The van der Waals surface area contributed by atoms with Gasteiger partial charge in [0.25, 0.3) is 0 Å². The lowest BCUT2D eigenvalue weighted by molar-refractivity contribution is 0.0190. The van der Waals surface area contributed by atoms with Gasteiger partial charge in [0, 0.05) is 5.54 Å². The number of hydrogen-bond donors (Lipinski definition) is 1. The van der Waals surface area contributed by atoms with Crippen LogP contribution in [0.25, 0.3) is 0 Å². The molecule has 1 rings (SSSR count). The topological polar surface area (TPSA) is 26.0 Å². The van der Waals surface area contributed by atoms with Crippen molar-refractivity contribution >= 4 is 0 Å². The molecule has 0 radical (unpaired) electrons. The molecule has 0 aliphatic heterocycles. The lowest BCUT2D eigenvalue weighted by Crippen LogP contribution is -2.52. The van der Waals surface area contributed by atoms with Gasteiger partial charge < -0.3 is 5.73 Å². The van der Waals surface area contributed by atoms with E-state index in [1.807, 2.05) is 0 Å². The van der Waals surface area contributed by atoms with Crippen LogP contribution >= 0.6 is 0 Å². The van der Waals surface area contributed by atoms with Crippen molar-refractivity contribution in [1.29, 1.82) is 0 Å². The molecule has 1 fully saturated rings. The summed E-state index contributed by atoms with van der Waals surface area (Å²) in [5, 5.41) is 0. The molecular formula is C11H23N. The standard InChI is InChI=1S/C11H23N/c1-5-10(3)7-9(8-10)11(4,12)6-2/h9H,5-8,12H2,1-4H3/t9-,10-,11?. The molecule has 1 atom stereocenters. The largest absolute Gasteiger partial charge is 0.325 e. The highest BCUT2D eigenvalue weighted by atomic mass is 14.8. The van der Waals surface area contributed by atoms with E-state index in [-0.39, 0.29) is 5.54 Å². The maximum Gasteiger partial charge on any atom is 0.0152 e. The van der Waals surface area contributed by atoms with Crippen molar-refractivity contribution in [2.24, 2.45) is 17.1 Å². The summed E-state index contributed by atoms with van der Waals surface area (Å²) >= 11 is 0. The van der Waals surface area contributed by atoms with E-state index in [0.29, 0.717) is 5.41 Å². The average molecular weight is 169 g/mol. The molecule has 12 heavy (non-hydrogen) atoms. The van der Waals surface area contributed by atoms with E-state index in [4.69, 9.17) is 5.73 Å². The van der Waals surface area contributed by atoms with E-state index in [1.165, 1.54) is 19.3 Å². The van der Waals surface area contributed by atoms with Crippen LogP contribution in [0.5, 0.6) is 0 Å². The van der Waals surface area contributed by atoms with E-state index in [1.54, 1.807) is 0 Å². The molecular weight excluding hydrogens is 146 g/mol. The summed E-state index contributed by atoms with van der Waals surface area (Å²) < 4.78 is 0. The predicted octanol–water partition coefficient (Wildman–Crippen LogP) is 2.94. The minimum Gasteiger partial charge on any atom is -0.325 e. The Hall–Kier alpha value is -0.0400. The second-order valence-electron chi connectivity index (χ2n) is 5.13. The molecule has 0 aromatic heterocycles. The highest BCUT2D eigenvalue weighted by Gasteiger charge is 2.45. The number of rotatable bonds is 3. The van der Waals surface area contributed by atoms with Gasteiger partial charge in [0.05, 0.1) is 0 Å². The van der Waals surface area contributed by atoms with Crippen molar-refractivity contribution in [3.8, 4) is 0 Å². The lowest BCUT2D eigenvalue weighted by atomic mass is 9.56. The van der Waals surface area contributed by atoms with Gasteiger partial charge in [-0.25, -0.2) is 0 Å². The van der Waals surface area contributed by atoms with E-state index in [0.717, 1.165) is 12.3 Å². The van der Waals surface area contributed by atoms with Gasteiger partial charge in [0.2, 0.25) is 0 Å². The summed E-state index contributed by atoms with van der Waals surface area (Å²) in [6, 6.07) is 0. The quantitative estimate of drug-likeness (QED) is 0.690. The van der Waals surface area contributed by atoms with Crippen molar-refractivity contribution in [1.82, 2.24) is 0 Å². The first-order valence-electron chi connectivity index (χ1n) is 5.22. The third-order valence-electron chi connectivity index (χ3n) is 4.03. The van der Waals surface area contributed by atoms with Crippen LogP contribution < -0.4 is 5.73 Å². The molecule has 1 heteroatoms. The van der Waals surface area contributed by atoms with E-state index in [9.17, 15) is 0 Å². The van der Waals surface area contributed by atoms with Gasteiger partial charge in [0.15, 0.2) is 0 Å². The van der Waals surface area contributed by atoms with Crippen LogP contribution in [0.3, 0.4) is 0 Å². The average Bonchev–Trinajstić information content (AvgIpc) is 1.98. The first-order valence-corrected chi connectivity index (χ1v) is 5.22. The zero-order chi connectivity index (χ0) is 9.41. The highest BCUT2D eigenvalue weighted by molar-refractivity contribution is 4.99. The van der Waals surface area contributed by atoms with Gasteiger partial charge in [-0.3, -0.25) is 0 Å². The van der Waals surface area contributed by atoms with Crippen molar-refractivity contribution in [2.45, 2.75) is 58.9 Å². The Morgan fingerprint density at radius 1 is 1.42 bits per heavy atom. The van der Waals surface area contributed by atoms with Crippen LogP contribution in [-0.2, 0) is 0 Å². The van der Waals surface area contributed by atoms with Crippen LogP contribution in [0.2, 0.25) is 0 Å². The molecule has 1 saturated carbocycles. The maximum atomic E-state index is 6.20. The molecule has 0 spiro atoms. The van der Waals surface area contributed by atoms with Gasteiger partial charge in [-0.05, 0) is 37.5 Å². The van der Waals surface area contributed by atoms with Crippen LogP contribution in [-0.4, -0.2) is 5.54 Å². The predicted molar refractivity (Wildman–Crippen MR) is 54.0 cm³/mol. The third kappa shape index (κ3) is 1.66. The monoisotopic (exact) mass is 169 g/mol. The summed E-state index contributed by atoms with van der Waals surface area (Å²) in [5.41, 5.74) is 6.90. The Bertz CT molecular complexity index is 154. The Morgan fingerprint density at radius 2 is 1.92 bits per heavy atom. The summed E-state index contributed by atoms with van der Waals surface area (Å²) in [6.07, 6.45) is 5.09. The maximum absolute atomic E-state index is 6.20. The molecule has 1 aliphatic rings. The molecule has 0 aromatic rings. The lowest BCUT2D eigenvalue weighted by Gasteiger charge is -2.51. The second kappa shape index (κ2) is 3.02. The molecule has 0 saturated heterocycles. The van der Waals surface area contributed by atoms with Gasteiger partial charge in [-0.1, -0.05) is 27.2 Å². The first kappa shape index (κ1) is 10.0. The smallest absolute Gasteiger partial charge is 0.0152 e. The van der Waals surface area contributed by atoms with Gasteiger partial charge in [0.1, 0.15) is 0 Å². The minimum atomic E-state index is 0.0919. The number of nitrogens with two attached hydrogens (primary N) is 1. The Kier molecular flexibility index (Phi) is 2.53. The summed E-state index contributed by atoms with van der Waals surface area (Å²) in [6.45, 7) is 9.07. The summed E-state index contributed by atoms with van der Waals surface area (Å²) in [5.74, 6) is 0.771. The van der Waals surface area contributed by atoms with Crippen molar-refractivity contribution in [3.05, 3.63) is 0 Å². The number of hydrogen-bond acceptors (Lipinski definition) is 1. The SMILES string of the molecule is CCC(C)(N)[C@H]1C[C@](C)(CC)C1. The fourth-order valence-electron chi connectivity index (χ4n) is 2.17. The van der Waals surface area contributed by atoms with Crippen LogP contribution in [0.15, 0.2) is 0 Å². The zero-order valence-electron chi connectivity index (χ0n) is 8.98. The molecule has 1 unspecified atom stereocenters. The van der Waals surface area contributed by atoms with Crippen molar-refractivity contribution in [3.63, 3.8) is 0 Å². The van der Waals surface area contributed by atoms with Crippen molar-refractivity contribution in [2.75, 3.05) is 0 Å². The summed E-state index contributed by atoms with van der Waals surface area (Å²) in [4.78, 5) is 0. The van der Waals surface area contributed by atoms with Crippen LogP contribution in [0.4, 0.5) is 0 Å². The molecule has 0 amide bonds. The molecule has 2 N–H and O–H groups in total. The molecule has 0 heterocycles.